The highest BCUT2D eigenvalue weighted by atomic mass is 16.4. The van der Waals surface area contributed by atoms with Crippen LogP contribution in [0.1, 0.15) is 30.1 Å². The Hall–Kier alpha value is -1.68. The van der Waals surface area contributed by atoms with E-state index in [0.717, 1.165) is 6.42 Å². The summed E-state index contributed by atoms with van der Waals surface area (Å²) in [6, 6.07) is 8.51. The van der Waals surface area contributed by atoms with Gasteiger partial charge in [-0.15, -0.1) is 0 Å². The van der Waals surface area contributed by atoms with Crippen LogP contribution in [0.3, 0.4) is 0 Å². The maximum absolute atomic E-state index is 12.1. The highest BCUT2D eigenvalue weighted by molar-refractivity contribution is 5.97. The molecule has 0 saturated carbocycles. The fourth-order valence-electron chi connectivity index (χ4n) is 2.54. The molecule has 1 N–H and O–H groups in total. The van der Waals surface area contributed by atoms with Gasteiger partial charge in [0.2, 0.25) is 0 Å². The van der Waals surface area contributed by atoms with Gasteiger partial charge in [0.1, 0.15) is 6.04 Å². The molecule has 1 aromatic carbocycles. The van der Waals surface area contributed by atoms with Crippen molar-refractivity contribution < 1.29 is 14.7 Å². The van der Waals surface area contributed by atoms with E-state index in [9.17, 15) is 14.7 Å². The lowest BCUT2D eigenvalue weighted by atomic mass is 9.92. The number of nitrogens with zero attached hydrogens (tertiary/aromatic N) is 1. The molecule has 2 atom stereocenters. The van der Waals surface area contributed by atoms with E-state index in [1.54, 1.807) is 17.0 Å². The van der Waals surface area contributed by atoms with Crippen molar-refractivity contribution in [3.05, 3.63) is 35.9 Å². The molecule has 0 bridgehead atoms. The Bertz CT molecular complexity index is 458. The van der Waals surface area contributed by atoms with E-state index in [0.29, 0.717) is 24.4 Å². The molecule has 1 saturated heterocycles. The van der Waals surface area contributed by atoms with Crippen molar-refractivity contribution in [3.8, 4) is 0 Å². The van der Waals surface area contributed by atoms with Crippen LogP contribution in [0.4, 0.5) is 0 Å². The van der Waals surface area contributed by atoms with Crippen LogP contribution in [0.25, 0.3) is 0 Å². The number of carboxylic acids is 1. The van der Waals surface area contributed by atoms with Gasteiger partial charge in [0.05, 0.1) is 6.54 Å². The number of likely N-dealkylation sites (tertiary alicyclic amines) is 1. The standard InChI is InChI=1S/C15H19NO3/c1-11-7-8-16(13(9-11)15(18)19)10-14(17)12-5-3-2-4-6-12/h2-6,11,13H,7-10H2,1H3,(H,18,19). The Balaban J connectivity index is 2.05. The molecular weight excluding hydrogens is 242 g/mol. The van der Waals surface area contributed by atoms with Crippen molar-refractivity contribution >= 4 is 11.8 Å². The summed E-state index contributed by atoms with van der Waals surface area (Å²) in [6.07, 6.45) is 1.57. The highest BCUT2D eigenvalue weighted by Crippen LogP contribution is 2.22. The van der Waals surface area contributed by atoms with Crippen molar-refractivity contribution in [2.75, 3.05) is 13.1 Å². The number of carbonyl (C=O) groups is 2. The van der Waals surface area contributed by atoms with Crippen molar-refractivity contribution in [1.82, 2.24) is 4.90 Å². The zero-order chi connectivity index (χ0) is 13.8. The first-order valence-electron chi connectivity index (χ1n) is 6.63. The van der Waals surface area contributed by atoms with E-state index in [1.807, 2.05) is 18.2 Å². The van der Waals surface area contributed by atoms with Crippen molar-refractivity contribution in [2.45, 2.75) is 25.8 Å². The summed E-state index contributed by atoms with van der Waals surface area (Å²) < 4.78 is 0. The summed E-state index contributed by atoms with van der Waals surface area (Å²) in [4.78, 5) is 25.2. The second-order valence-electron chi connectivity index (χ2n) is 5.24. The van der Waals surface area contributed by atoms with Crippen molar-refractivity contribution in [3.63, 3.8) is 0 Å². The first-order chi connectivity index (χ1) is 9.08. The third-order valence-electron chi connectivity index (χ3n) is 3.70. The van der Waals surface area contributed by atoms with Crippen LogP contribution in [0.5, 0.6) is 0 Å². The van der Waals surface area contributed by atoms with Gasteiger partial charge >= 0.3 is 5.97 Å². The molecule has 4 nitrogen and oxygen atoms in total. The zero-order valence-electron chi connectivity index (χ0n) is 11.1. The molecule has 1 aliphatic rings. The molecule has 4 heteroatoms. The van der Waals surface area contributed by atoms with Gasteiger partial charge in [0.15, 0.2) is 5.78 Å². The maximum atomic E-state index is 12.1. The highest BCUT2D eigenvalue weighted by Gasteiger charge is 2.32. The van der Waals surface area contributed by atoms with Gasteiger partial charge in [-0.05, 0) is 25.3 Å². The quantitative estimate of drug-likeness (QED) is 0.843. The van der Waals surface area contributed by atoms with Crippen LogP contribution in [0.15, 0.2) is 30.3 Å². The fraction of sp³-hybridized carbons (Fsp3) is 0.467. The van der Waals surface area contributed by atoms with E-state index in [2.05, 4.69) is 6.92 Å². The average molecular weight is 261 g/mol. The smallest absolute Gasteiger partial charge is 0.320 e. The molecule has 1 fully saturated rings. The molecule has 0 spiro atoms. The summed E-state index contributed by atoms with van der Waals surface area (Å²) in [5.41, 5.74) is 0.644. The maximum Gasteiger partial charge on any atom is 0.320 e. The van der Waals surface area contributed by atoms with Crippen LogP contribution in [0.2, 0.25) is 0 Å². The molecule has 0 aliphatic carbocycles. The third kappa shape index (κ3) is 3.41. The minimum Gasteiger partial charge on any atom is -0.480 e. The van der Waals surface area contributed by atoms with Gasteiger partial charge in [-0.2, -0.15) is 0 Å². The van der Waals surface area contributed by atoms with E-state index in [1.165, 1.54) is 0 Å². The molecule has 0 amide bonds. The number of carbonyl (C=O) groups excluding carboxylic acids is 1. The number of Topliss-reactive ketones (excluding diaryl/α,β-unsaturated/α-hetero) is 1. The van der Waals surface area contributed by atoms with Crippen LogP contribution >= 0.6 is 0 Å². The number of piperidine rings is 1. The summed E-state index contributed by atoms with van der Waals surface area (Å²) in [5, 5.41) is 9.26. The Kier molecular flexibility index (Phi) is 4.32. The number of hydrogen-bond acceptors (Lipinski definition) is 3. The summed E-state index contributed by atoms with van der Waals surface area (Å²) in [6.45, 7) is 2.93. The molecule has 102 valence electrons. The van der Waals surface area contributed by atoms with Crippen LogP contribution < -0.4 is 0 Å². The SMILES string of the molecule is CC1CCN(CC(=O)c2ccccc2)C(C(=O)O)C1. The molecule has 1 aliphatic heterocycles. The third-order valence-corrected chi connectivity index (χ3v) is 3.70. The Labute approximate surface area is 113 Å². The lowest BCUT2D eigenvalue weighted by molar-refractivity contribution is -0.145. The molecule has 0 aromatic heterocycles. The fourth-order valence-corrected chi connectivity index (χ4v) is 2.54. The number of benzene rings is 1. The van der Waals surface area contributed by atoms with Crippen molar-refractivity contribution in [2.24, 2.45) is 5.92 Å². The Morgan fingerprint density at radius 3 is 2.63 bits per heavy atom. The van der Waals surface area contributed by atoms with Gasteiger partial charge in [-0.1, -0.05) is 37.3 Å². The first kappa shape index (κ1) is 13.7. The van der Waals surface area contributed by atoms with Crippen LogP contribution in [-0.2, 0) is 4.79 Å². The van der Waals surface area contributed by atoms with Gasteiger partial charge in [-0.3, -0.25) is 14.5 Å². The molecular formula is C15H19NO3. The van der Waals surface area contributed by atoms with E-state index < -0.39 is 12.0 Å². The monoisotopic (exact) mass is 261 g/mol. The predicted molar refractivity (Wildman–Crippen MR) is 72.2 cm³/mol. The normalized spacial score (nSPS) is 24.1. The Morgan fingerprint density at radius 1 is 1.32 bits per heavy atom. The van der Waals surface area contributed by atoms with Gasteiger partial charge in [0.25, 0.3) is 0 Å². The number of ketones is 1. The lowest BCUT2D eigenvalue weighted by Crippen LogP contribution is -2.48. The summed E-state index contributed by atoms with van der Waals surface area (Å²) in [5.74, 6) is -0.432. The van der Waals surface area contributed by atoms with E-state index in [4.69, 9.17) is 0 Å². The van der Waals surface area contributed by atoms with Crippen molar-refractivity contribution in [1.29, 1.82) is 0 Å². The van der Waals surface area contributed by atoms with E-state index in [-0.39, 0.29) is 12.3 Å². The van der Waals surface area contributed by atoms with Gasteiger partial charge in [-0.25, -0.2) is 0 Å². The Morgan fingerprint density at radius 2 is 2.00 bits per heavy atom. The molecule has 2 unspecified atom stereocenters. The second-order valence-corrected chi connectivity index (χ2v) is 5.24. The predicted octanol–water partition coefficient (Wildman–Crippen LogP) is 2.05. The minimum absolute atomic E-state index is 0.0126. The zero-order valence-corrected chi connectivity index (χ0v) is 11.1. The number of carboxylic acid groups (broad SMARTS) is 1. The number of aliphatic carboxylic acids is 1. The topological polar surface area (TPSA) is 57.6 Å². The molecule has 0 radical (unpaired) electrons. The summed E-state index contributed by atoms with van der Waals surface area (Å²) >= 11 is 0. The molecule has 1 aromatic rings. The minimum atomic E-state index is -0.826. The molecule has 1 heterocycles. The summed E-state index contributed by atoms with van der Waals surface area (Å²) in [7, 11) is 0. The van der Waals surface area contributed by atoms with Crippen LogP contribution in [-0.4, -0.2) is 40.9 Å². The molecule has 19 heavy (non-hydrogen) atoms. The van der Waals surface area contributed by atoms with Crippen LogP contribution in [0, 0.1) is 5.92 Å². The van der Waals surface area contributed by atoms with Gasteiger partial charge < -0.3 is 5.11 Å². The van der Waals surface area contributed by atoms with Gasteiger partial charge in [0, 0.05) is 5.56 Å². The van der Waals surface area contributed by atoms with E-state index >= 15 is 0 Å². The number of hydrogen-bond donors (Lipinski definition) is 1. The lowest BCUT2D eigenvalue weighted by Gasteiger charge is -2.35. The molecule has 2 rings (SSSR count). The number of rotatable bonds is 4. The second kappa shape index (κ2) is 5.97. The largest absolute Gasteiger partial charge is 0.480 e. The first-order valence-corrected chi connectivity index (χ1v) is 6.63. The average Bonchev–Trinajstić information content (AvgIpc) is 2.41.